The molecule has 0 amide bonds. The molecule has 0 heterocycles. The lowest BCUT2D eigenvalue weighted by atomic mass is 10.1. The van der Waals surface area contributed by atoms with Crippen LogP contribution in [-0.2, 0) is 10.0 Å². The fraction of sp³-hybridized carbons (Fsp3) is 0.250. The SMILES string of the molecule is Cc1cccc(N(C)S(=O)(=O)c2cc(C)c(C)c(N)c2)c1. The highest BCUT2D eigenvalue weighted by molar-refractivity contribution is 7.92. The van der Waals surface area contributed by atoms with E-state index in [1.54, 1.807) is 19.2 Å². The van der Waals surface area contributed by atoms with Gasteiger partial charge in [-0.3, -0.25) is 4.31 Å². The van der Waals surface area contributed by atoms with Gasteiger partial charge in [0.25, 0.3) is 10.0 Å². The van der Waals surface area contributed by atoms with Crippen molar-refractivity contribution >= 4 is 21.4 Å². The van der Waals surface area contributed by atoms with E-state index in [4.69, 9.17) is 5.73 Å². The van der Waals surface area contributed by atoms with Crippen LogP contribution in [0.5, 0.6) is 0 Å². The van der Waals surface area contributed by atoms with Crippen molar-refractivity contribution in [2.45, 2.75) is 25.7 Å². The van der Waals surface area contributed by atoms with Gasteiger partial charge in [0.2, 0.25) is 0 Å². The van der Waals surface area contributed by atoms with Crippen molar-refractivity contribution in [3.63, 3.8) is 0 Å². The van der Waals surface area contributed by atoms with Gasteiger partial charge >= 0.3 is 0 Å². The predicted molar refractivity (Wildman–Crippen MR) is 87.1 cm³/mol. The summed E-state index contributed by atoms with van der Waals surface area (Å²) in [5.41, 5.74) is 9.81. The summed E-state index contributed by atoms with van der Waals surface area (Å²) in [5, 5.41) is 0. The number of sulfonamides is 1. The predicted octanol–water partition coefficient (Wildman–Crippen LogP) is 3.02. The zero-order valence-electron chi connectivity index (χ0n) is 12.7. The van der Waals surface area contributed by atoms with Crippen molar-refractivity contribution < 1.29 is 8.42 Å². The first kappa shape index (κ1) is 15.4. The lowest BCUT2D eigenvalue weighted by Crippen LogP contribution is -2.26. The molecule has 21 heavy (non-hydrogen) atoms. The van der Waals surface area contributed by atoms with Crippen LogP contribution in [0.25, 0.3) is 0 Å². The van der Waals surface area contributed by atoms with Gasteiger partial charge in [0.1, 0.15) is 0 Å². The van der Waals surface area contributed by atoms with Crippen LogP contribution in [0.15, 0.2) is 41.3 Å². The van der Waals surface area contributed by atoms with Crippen LogP contribution in [-0.4, -0.2) is 15.5 Å². The number of rotatable bonds is 3. The number of nitrogen functional groups attached to an aromatic ring is 1. The topological polar surface area (TPSA) is 63.4 Å². The number of nitrogens with zero attached hydrogens (tertiary/aromatic N) is 1. The number of hydrogen-bond donors (Lipinski definition) is 1. The Labute approximate surface area is 126 Å². The molecule has 112 valence electrons. The summed E-state index contributed by atoms with van der Waals surface area (Å²) in [7, 11) is -2.07. The summed E-state index contributed by atoms with van der Waals surface area (Å²) in [4.78, 5) is 0.215. The molecule has 0 unspecified atom stereocenters. The van der Waals surface area contributed by atoms with Crippen molar-refractivity contribution in [1.82, 2.24) is 0 Å². The number of anilines is 2. The van der Waals surface area contributed by atoms with Gasteiger partial charge in [0.05, 0.1) is 10.6 Å². The van der Waals surface area contributed by atoms with Gasteiger partial charge in [-0.05, 0) is 61.7 Å². The summed E-state index contributed by atoms with van der Waals surface area (Å²) in [6, 6.07) is 10.6. The second-order valence-corrected chi connectivity index (χ2v) is 7.24. The lowest BCUT2D eigenvalue weighted by Gasteiger charge is -2.21. The van der Waals surface area contributed by atoms with E-state index in [0.717, 1.165) is 16.7 Å². The van der Waals surface area contributed by atoms with Crippen LogP contribution in [0.3, 0.4) is 0 Å². The number of aryl methyl sites for hydroxylation is 2. The Morgan fingerprint density at radius 2 is 1.71 bits per heavy atom. The first-order chi connectivity index (χ1) is 9.73. The quantitative estimate of drug-likeness (QED) is 0.887. The third-order valence-electron chi connectivity index (χ3n) is 3.70. The monoisotopic (exact) mass is 304 g/mol. The summed E-state index contributed by atoms with van der Waals surface area (Å²) in [6.07, 6.45) is 0. The van der Waals surface area contributed by atoms with Crippen molar-refractivity contribution in [1.29, 1.82) is 0 Å². The average Bonchev–Trinajstić information content (AvgIpc) is 2.43. The van der Waals surface area contributed by atoms with Crippen LogP contribution in [0, 0.1) is 20.8 Å². The van der Waals surface area contributed by atoms with E-state index in [1.165, 1.54) is 10.4 Å². The molecule has 2 rings (SSSR count). The molecule has 0 saturated heterocycles. The largest absolute Gasteiger partial charge is 0.398 e. The number of benzene rings is 2. The Hall–Kier alpha value is -2.01. The third-order valence-corrected chi connectivity index (χ3v) is 5.47. The van der Waals surface area contributed by atoms with Crippen molar-refractivity contribution in [3.05, 3.63) is 53.1 Å². The maximum atomic E-state index is 12.7. The summed E-state index contributed by atoms with van der Waals surface area (Å²) < 4.78 is 26.7. The van der Waals surface area contributed by atoms with Gasteiger partial charge < -0.3 is 5.73 Å². The lowest BCUT2D eigenvalue weighted by molar-refractivity contribution is 0.594. The van der Waals surface area contributed by atoms with Crippen LogP contribution in [0.4, 0.5) is 11.4 Å². The summed E-state index contributed by atoms with van der Waals surface area (Å²) >= 11 is 0. The smallest absolute Gasteiger partial charge is 0.264 e. The fourth-order valence-corrected chi connectivity index (χ4v) is 3.43. The maximum Gasteiger partial charge on any atom is 0.264 e. The second-order valence-electron chi connectivity index (χ2n) is 5.27. The van der Waals surface area contributed by atoms with Crippen molar-refractivity contribution in [2.75, 3.05) is 17.1 Å². The molecule has 0 spiro atoms. The Bertz CT molecular complexity index is 760. The Kier molecular flexibility index (Phi) is 3.96. The molecular formula is C16H20N2O2S. The van der Waals surface area contributed by atoms with Gasteiger partial charge in [-0.15, -0.1) is 0 Å². The second kappa shape index (κ2) is 5.41. The van der Waals surface area contributed by atoms with E-state index >= 15 is 0 Å². The van der Waals surface area contributed by atoms with E-state index in [1.807, 2.05) is 39.0 Å². The van der Waals surface area contributed by atoms with Crippen LogP contribution in [0.2, 0.25) is 0 Å². The standard InChI is InChI=1S/C16H20N2O2S/c1-11-6-5-7-14(8-11)18(4)21(19,20)15-9-12(2)13(3)16(17)10-15/h5-10H,17H2,1-4H3. The minimum absolute atomic E-state index is 0.215. The molecule has 5 heteroatoms. The molecule has 0 aliphatic rings. The van der Waals surface area contributed by atoms with Crippen LogP contribution < -0.4 is 10.0 Å². The van der Waals surface area contributed by atoms with E-state index in [9.17, 15) is 8.42 Å². The highest BCUT2D eigenvalue weighted by atomic mass is 32.2. The maximum absolute atomic E-state index is 12.7. The third kappa shape index (κ3) is 2.88. The van der Waals surface area contributed by atoms with Gasteiger partial charge in [-0.1, -0.05) is 12.1 Å². The van der Waals surface area contributed by atoms with Gasteiger partial charge in [-0.2, -0.15) is 0 Å². The molecule has 0 saturated carbocycles. The first-order valence-corrected chi connectivity index (χ1v) is 8.10. The number of hydrogen-bond acceptors (Lipinski definition) is 3. The molecule has 0 atom stereocenters. The Morgan fingerprint density at radius 1 is 1.05 bits per heavy atom. The molecule has 2 N–H and O–H groups in total. The molecule has 0 bridgehead atoms. The highest BCUT2D eigenvalue weighted by Gasteiger charge is 2.22. The van der Waals surface area contributed by atoms with Gasteiger partial charge in [0.15, 0.2) is 0 Å². The molecule has 2 aromatic carbocycles. The van der Waals surface area contributed by atoms with E-state index < -0.39 is 10.0 Å². The zero-order valence-corrected chi connectivity index (χ0v) is 13.5. The van der Waals surface area contributed by atoms with E-state index in [0.29, 0.717) is 11.4 Å². The Balaban J connectivity index is 2.52. The fourth-order valence-electron chi connectivity index (χ4n) is 2.12. The molecule has 0 fully saturated rings. The molecule has 0 radical (unpaired) electrons. The highest BCUT2D eigenvalue weighted by Crippen LogP contribution is 2.26. The first-order valence-electron chi connectivity index (χ1n) is 6.66. The summed E-state index contributed by atoms with van der Waals surface area (Å²) in [6.45, 7) is 5.67. The Morgan fingerprint density at radius 3 is 2.29 bits per heavy atom. The van der Waals surface area contributed by atoms with E-state index in [2.05, 4.69) is 0 Å². The van der Waals surface area contributed by atoms with Crippen molar-refractivity contribution in [3.8, 4) is 0 Å². The minimum Gasteiger partial charge on any atom is -0.398 e. The average molecular weight is 304 g/mol. The summed E-state index contributed by atoms with van der Waals surface area (Å²) in [5.74, 6) is 0. The molecule has 4 nitrogen and oxygen atoms in total. The van der Waals surface area contributed by atoms with E-state index in [-0.39, 0.29) is 4.90 Å². The zero-order chi connectivity index (χ0) is 15.8. The molecule has 0 aromatic heterocycles. The van der Waals surface area contributed by atoms with Gasteiger partial charge in [0, 0.05) is 12.7 Å². The molecule has 0 aliphatic heterocycles. The number of nitrogens with two attached hydrogens (primary N) is 1. The van der Waals surface area contributed by atoms with Crippen LogP contribution in [0.1, 0.15) is 16.7 Å². The molecule has 0 aliphatic carbocycles. The normalized spacial score (nSPS) is 11.4. The minimum atomic E-state index is -3.62. The molecule has 2 aromatic rings. The van der Waals surface area contributed by atoms with Gasteiger partial charge in [-0.25, -0.2) is 8.42 Å². The van der Waals surface area contributed by atoms with Crippen LogP contribution >= 0.6 is 0 Å². The molecular weight excluding hydrogens is 284 g/mol. The van der Waals surface area contributed by atoms with Crippen molar-refractivity contribution in [2.24, 2.45) is 0 Å².